The molecule has 1 saturated heterocycles. The molecule has 1 heterocycles. The maximum atomic E-state index is 14.3. The molecule has 1 aliphatic heterocycles. The molecule has 0 radical (unpaired) electrons. The predicted octanol–water partition coefficient (Wildman–Crippen LogP) is 3.81. The fourth-order valence-electron chi connectivity index (χ4n) is 2.72. The van der Waals surface area contributed by atoms with E-state index in [0.717, 1.165) is 10.9 Å². The molecular weight excluding hydrogens is 375 g/mol. The summed E-state index contributed by atoms with van der Waals surface area (Å²) in [6, 6.07) is 13.0. The van der Waals surface area contributed by atoms with E-state index in [-0.39, 0.29) is 24.2 Å². The fraction of sp³-hybridized carbons (Fsp3) is 0.222. The van der Waals surface area contributed by atoms with E-state index in [0.29, 0.717) is 18.5 Å². The molecule has 0 N–H and O–H groups in total. The summed E-state index contributed by atoms with van der Waals surface area (Å²) < 4.78 is 15.0. The van der Waals surface area contributed by atoms with Gasteiger partial charge in [-0.1, -0.05) is 34.1 Å². The minimum Gasteiger partial charge on any atom is -0.324 e. The molecule has 2 aromatic rings. The van der Waals surface area contributed by atoms with Crippen molar-refractivity contribution in [2.24, 2.45) is 0 Å². The van der Waals surface area contributed by atoms with Crippen molar-refractivity contribution in [3.63, 3.8) is 0 Å². The summed E-state index contributed by atoms with van der Waals surface area (Å²) in [4.78, 5) is 27.8. The van der Waals surface area contributed by atoms with Crippen LogP contribution in [0.2, 0.25) is 0 Å². The first kappa shape index (κ1) is 16.6. The number of halogens is 2. The van der Waals surface area contributed by atoms with E-state index >= 15 is 0 Å². The number of hydrogen-bond acceptors (Lipinski definition) is 2. The van der Waals surface area contributed by atoms with Crippen LogP contribution in [0.15, 0.2) is 53.0 Å². The minimum absolute atomic E-state index is 0.0154. The largest absolute Gasteiger partial charge is 0.324 e. The van der Waals surface area contributed by atoms with Gasteiger partial charge in [0.05, 0.1) is 5.69 Å². The van der Waals surface area contributed by atoms with E-state index in [2.05, 4.69) is 15.9 Å². The Morgan fingerprint density at radius 1 is 1.21 bits per heavy atom. The number of hydrogen-bond donors (Lipinski definition) is 0. The van der Waals surface area contributed by atoms with E-state index in [4.69, 9.17) is 0 Å². The second kappa shape index (κ2) is 7.13. The van der Waals surface area contributed by atoms with Crippen molar-refractivity contribution in [2.45, 2.75) is 12.8 Å². The average Bonchev–Trinajstić information content (AvgIpc) is 2.98. The Morgan fingerprint density at radius 2 is 2.00 bits per heavy atom. The smallest absolute Gasteiger partial charge is 0.259 e. The monoisotopic (exact) mass is 390 g/mol. The molecule has 0 spiro atoms. The van der Waals surface area contributed by atoms with Crippen molar-refractivity contribution < 1.29 is 14.0 Å². The highest BCUT2D eigenvalue weighted by Gasteiger charge is 2.27. The predicted molar refractivity (Wildman–Crippen MR) is 93.2 cm³/mol. The second-order valence-electron chi connectivity index (χ2n) is 5.60. The zero-order chi connectivity index (χ0) is 17.1. The van der Waals surface area contributed by atoms with Crippen LogP contribution in [0, 0.1) is 5.82 Å². The highest BCUT2D eigenvalue weighted by atomic mass is 79.9. The molecular formula is C18H16BrFN2O2. The number of anilines is 1. The van der Waals surface area contributed by atoms with Crippen LogP contribution in [0.25, 0.3) is 0 Å². The minimum atomic E-state index is -0.493. The molecule has 0 saturated carbocycles. The third kappa shape index (κ3) is 3.48. The Hall–Kier alpha value is -2.21. The zero-order valence-electron chi connectivity index (χ0n) is 12.9. The van der Waals surface area contributed by atoms with Crippen LogP contribution in [0.1, 0.15) is 23.2 Å². The van der Waals surface area contributed by atoms with Gasteiger partial charge in [0.2, 0.25) is 5.91 Å². The van der Waals surface area contributed by atoms with Gasteiger partial charge in [0.1, 0.15) is 12.5 Å². The Morgan fingerprint density at radius 3 is 2.67 bits per heavy atom. The SMILES string of the molecule is O=C1CCCN1CN(C(=O)c1cccc(Br)c1)c1ccccc1F. The van der Waals surface area contributed by atoms with E-state index in [1.54, 1.807) is 41.3 Å². The van der Waals surface area contributed by atoms with Crippen molar-refractivity contribution in [2.75, 3.05) is 18.1 Å². The number of amides is 2. The molecule has 1 fully saturated rings. The van der Waals surface area contributed by atoms with Crippen LogP contribution in [0.4, 0.5) is 10.1 Å². The molecule has 0 aliphatic carbocycles. The Kier molecular flexibility index (Phi) is 4.94. The van der Waals surface area contributed by atoms with Crippen molar-refractivity contribution in [1.29, 1.82) is 0 Å². The standard InChI is InChI=1S/C18H16BrFN2O2/c19-14-6-3-5-13(11-14)18(24)22(12-21-10-4-9-17(21)23)16-8-2-1-7-15(16)20/h1-3,5-8,11H,4,9-10,12H2. The lowest BCUT2D eigenvalue weighted by Gasteiger charge is -2.28. The van der Waals surface area contributed by atoms with Gasteiger partial charge >= 0.3 is 0 Å². The molecule has 6 heteroatoms. The first-order chi connectivity index (χ1) is 11.6. The van der Waals surface area contributed by atoms with E-state index < -0.39 is 5.82 Å². The fourth-order valence-corrected chi connectivity index (χ4v) is 3.12. The highest BCUT2D eigenvalue weighted by molar-refractivity contribution is 9.10. The molecule has 2 aromatic carbocycles. The molecule has 0 aromatic heterocycles. The highest BCUT2D eigenvalue weighted by Crippen LogP contribution is 2.24. The summed E-state index contributed by atoms with van der Waals surface area (Å²) in [7, 11) is 0. The maximum Gasteiger partial charge on any atom is 0.259 e. The topological polar surface area (TPSA) is 40.6 Å². The van der Waals surface area contributed by atoms with Gasteiger partial charge in [-0.15, -0.1) is 0 Å². The lowest BCUT2D eigenvalue weighted by Crippen LogP contribution is -2.42. The molecule has 4 nitrogen and oxygen atoms in total. The second-order valence-corrected chi connectivity index (χ2v) is 6.51. The molecule has 3 rings (SSSR count). The average molecular weight is 391 g/mol. The third-order valence-corrected chi connectivity index (χ3v) is 4.44. The third-order valence-electron chi connectivity index (χ3n) is 3.94. The Labute approximate surface area is 148 Å². The first-order valence-electron chi connectivity index (χ1n) is 7.66. The lowest BCUT2D eigenvalue weighted by molar-refractivity contribution is -0.127. The van der Waals surface area contributed by atoms with Crippen LogP contribution in [0.3, 0.4) is 0 Å². The van der Waals surface area contributed by atoms with Gasteiger partial charge in [-0.05, 0) is 36.8 Å². The van der Waals surface area contributed by atoms with Crippen molar-refractivity contribution in [1.82, 2.24) is 4.90 Å². The van der Waals surface area contributed by atoms with Crippen LogP contribution >= 0.6 is 15.9 Å². The van der Waals surface area contributed by atoms with E-state index in [1.807, 2.05) is 6.07 Å². The summed E-state index contributed by atoms with van der Waals surface area (Å²) in [5.41, 5.74) is 0.599. The first-order valence-corrected chi connectivity index (χ1v) is 8.45. The van der Waals surface area contributed by atoms with Crippen LogP contribution in [-0.2, 0) is 4.79 Å². The summed E-state index contributed by atoms with van der Waals surface area (Å²) in [5.74, 6) is -0.855. The van der Waals surface area contributed by atoms with Crippen LogP contribution in [0.5, 0.6) is 0 Å². The zero-order valence-corrected chi connectivity index (χ0v) is 14.5. The van der Waals surface area contributed by atoms with Crippen molar-refractivity contribution in [3.05, 3.63) is 64.4 Å². The summed E-state index contributed by atoms with van der Waals surface area (Å²) in [5, 5.41) is 0. The van der Waals surface area contributed by atoms with E-state index in [1.165, 1.54) is 11.0 Å². The van der Waals surface area contributed by atoms with Gasteiger partial charge in [0.25, 0.3) is 5.91 Å². The lowest BCUT2D eigenvalue weighted by atomic mass is 10.2. The maximum absolute atomic E-state index is 14.3. The summed E-state index contributed by atoms with van der Waals surface area (Å²) >= 11 is 3.34. The van der Waals surface area contributed by atoms with Crippen molar-refractivity contribution in [3.8, 4) is 0 Å². The van der Waals surface area contributed by atoms with Gasteiger partial charge in [0.15, 0.2) is 0 Å². The number of para-hydroxylation sites is 1. The normalized spacial score (nSPS) is 14.1. The summed E-state index contributed by atoms with van der Waals surface area (Å²) in [6.45, 7) is 0.626. The number of benzene rings is 2. The number of rotatable bonds is 4. The van der Waals surface area contributed by atoms with Gasteiger partial charge in [0, 0.05) is 23.0 Å². The number of likely N-dealkylation sites (tertiary alicyclic amines) is 1. The number of nitrogens with zero attached hydrogens (tertiary/aromatic N) is 2. The molecule has 0 bridgehead atoms. The molecule has 2 amide bonds. The molecule has 124 valence electrons. The van der Waals surface area contributed by atoms with Crippen molar-refractivity contribution >= 4 is 33.4 Å². The molecule has 0 unspecified atom stereocenters. The summed E-state index contributed by atoms with van der Waals surface area (Å²) in [6.07, 6.45) is 1.23. The number of carbonyl (C=O) groups is 2. The van der Waals surface area contributed by atoms with Gasteiger partial charge in [-0.2, -0.15) is 0 Å². The Balaban J connectivity index is 1.96. The molecule has 0 atom stereocenters. The Bertz CT molecular complexity index is 781. The van der Waals surface area contributed by atoms with Gasteiger partial charge in [-0.3, -0.25) is 14.5 Å². The molecule has 1 aliphatic rings. The quantitative estimate of drug-likeness (QED) is 0.795. The molecule has 24 heavy (non-hydrogen) atoms. The van der Waals surface area contributed by atoms with E-state index in [9.17, 15) is 14.0 Å². The van der Waals surface area contributed by atoms with Gasteiger partial charge in [-0.25, -0.2) is 4.39 Å². The van der Waals surface area contributed by atoms with Crippen LogP contribution < -0.4 is 4.90 Å². The van der Waals surface area contributed by atoms with Gasteiger partial charge < -0.3 is 4.90 Å². The number of carbonyl (C=O) groups excluding carboxylic acids is 2. The van der Waals surface area contributed by atoms with Crippen LogP contribution in [-0.4, -0.2) is 29.9 Å².